The van der Waals surface area contributed by atoms with E-state index in [0.717, 1.165) is 12.0 Å². The van der Waals surface area contributed by atoms with E-state index in [1.54, 1.807) is 4.90 Å². The van der Waals surface area contributed by atoms with Gasteiger partial charge in [0, 0.05) is 19.0 Å². The summed E-state index contributed by atoms with van der Waals surface area (Å²) in [6.45, 7) is 0.991. The van der Waals surface area contributed by atoms with Crippen molar-refractivity contribution in [3.05, 3.63) is 35.9 Å². The number of halogens is 1. The van der Waals surface area contributed by atoms with Gasteiger partial charge in [-0.2, -0.15) is 0 Å². The fraction of sp³-hybridized carbons (Fsp3) is 0.462. The molecule has 2 rings (SSSR count). The van der Waals surface area contributed by atoms with E-state index in [9.17, 15) is 9.18 Å². The molecule has 4 heteroatoms. The summed E-state index contributed by atoms with van der Waals surface area (Å²) in [7, 11) is 0. The Kier molecular flexibility index (Phi) is 3.96. The monoisotopic (exact) mass is 237 g/mol. The number of nitrogens with zero attached hydrogens (tertiary/aromatic N) is 1. The predicted molar refractivity (Wildman–Crippen MR) is 62.3 cm³/mol. The van der Waals surface area contributed by atoms with Gasteiger partial charge in [0.1, 0.15) is 6.61 Å². The first-order valence-corrected chi connectivity index (χ1v) is 5.81. The van der Waals surface area contributed by atoms with Crippen molar-refractivity contribution < 1.29 is 13.9 Å². The van der Waals surface area contributed by atoms with E-state index in [0.29, 0.717) is 13.1 Å². The van der Waals surface area contributed by atoms with Crippen LogP contribution in [0.3, 0.4) is 0 Å². The molecular weight excluding hydrogens is 221 g/mol. The summed E-state index contributed by atoms with van der Waals surface area (Å²) in [5.74, 6) is -0.0146. The van der Waals surface area contributed by atoms with E-state index in [1.165, 1.54) is 0 Å². The van der Waals surface area contributed by atoms with Crippen molar-refractivity contribution in [1.29, 1.82) is 0 Å². The van der Waals surface area contributed by atoms with Gasteiger partial charge >= 0.3 is 6.09 Å². The summed E-state index contributed by atoms with van der Waals surface area (Å²) in [6.07, 6.45) is 0.390. The van der Waals surface area contributed by atoms with Gasteiger partial charge in [-0.3, -0.25) is 4.39 Å². The summed E-state index contributed by atoms with van der Waals surface area (Å²) in [4.78, 5) is 13.2. The second-order valence-electron chi connectivity index (χ2n) is 4.30. The number of carbonyl (C=O) groups is 1. The first kappa shape index (κ1) is 11.9. The first-order valence-electron chi connectivity index (χ1n) is 5.81. The van der Waals surface area contributed by atoms with Crippen molar-refractivity contribution in [2.24, 2.45) is 5.92 Å². The Bertz CT molecular complexity index is 369. The zero-order valence-electron chi connectivity index (χ0n) is 9.64. The molecule has 1 atom stereocenters. The fourth-order valence-electron chi connectivity index (χ4n) is 1.94. The van der Waals surface area contributed by atoms with Crippen LogP contribution in [-0.2, 0) is 11.3 Å². The van der Waals surface area contributed by atoms with Crippen LogP contribution in [0.25, 0.3) is 0 Å². The SMILES string of the molecule is O=C(OCc1ccccc1)N1CCC(CF)C1. The van der Waals surface area contributed by atoms with Gasteiger partial charge in [0.25, 0.3) is 0 Å². The fourth-order valence-corrected chi connectivity index (χ4v) is 1.94. The minimum atomic E-state index is -0.359. The highest BCUT2D eigenvalue weighted by Gasteiger charge is 2.26. The highest BCUT2D eigenvalue weighted by molar-refractivity contribution is 5.68. The van der Waals surface area contributed by atoms with E-state index in [-0.39, 0.29) is 25.3 Å². The van der Waals surface area contributed by atoms with Crippen LogP contribution in [0.1, 0.15) is 12.0 Å². The number of likely N-dealkylation sites (tertiary alicyclic amines) is 1. The lowest BCUT2D eigenvalue weighted by molar-refractivity contribution is 0.102. The number of alkyl halides is 1. The molecule has 17 heavy (non-hydrogen) atoms. The Morgan fingerprint density at radius 3 is 2.82 bits per heavy atom. The zero-order valence-corrected chi connectivity index (χ0v) is 9.64. The van der Waals surface area contributed by atoms with Crippen LogP contribution in [0.4, 0.5) is 9.18 Å². The standard InChI is InChI=1S/C13H16FNO2/c14-8-12-6-7-15(9-12)13(16)17-10-11-4-2-1-3-5-11/h1-5,12H,6-10H2. The quantitative estimate of drug-likeness (QED) is 0.808. The number of rotatable bonds is 3. The van der Waals surface area contributed by atoms with Gasteiger partial charge in [-0.25, -0.2) is 4.79 Å². The molecule has 0 aromatic heterocycles. The summed E-state index contributed by atoms with van der Waals surface area (Å²) in [5, 5.41) is 0. The van der Waals surface area contributed by atoms with Gasteiger partial charge in [-0.1, -0.05) is 30.3 Å². The number of carbonyl (C=O) groups excluding carboxylic acids is 1. The smallest absolute Gasteiger partial charge is 0.410 e. The molecule has 3 nitrogen and oxygen atoms in total. The lowest BCUT2D eigenvalue weighted by Gasteiger charge is -2.15. The molecule has 1 heterocycles. The molecule has 1 aromatic carbocycles. The minimum absolute atomic E-state index is 0.0146. The summed E-state index contributed by atoms with van der Waals surface area (Å²) in [6, 6.07) is 9.53. The molecular formula is C13H16FNO2. The molecule has 0 saturated carbocycles. The second-order valence-corrected chi connectivity index (χ2v) is 4.30. The number of hydrogen-bond acceptors (Lipinski definition) is 2. The van der Waals surface area contributed by atoms with Crippen LogP contribution in [-0.4, -0.2) is 30.8 Å². The van der Waals surface area contributed by atoms with Gasteiger partial charge < -0.3 is 9.64 Å². The molecule has 0 bridgehead atoms. The van der Waals surface area contributed by atoms with Crippen LogP contribution in [0.2, 0.25) is 0 Å². The maximum Gasteiger partial charge on any atom is 0.410 e. The lowest BCUT2D eigenvalue weighted by atomic mass is 10.1. The summed E-state index contributed by atoms with van der Waals surface area (Å²) >= 11 is 0. The molecule has 1 aromatic rings. The third kappa shape index (κ3) is 3.19. The first-order chi connectivity index (χ1) is 8.29. The van der Waals surface area contributed by atoms with Crippen molar-refractivity contribution in [2.45, 2.75) is 13.0 Å². The normalized spacial score (nSPS) is 19.4. The van der Waals surface area contributed by atoms with Crippen LogP contribution in [0.15, 0.2) is 30.3 Å². The van der Waals surface area contributed by atoms with Gasteiger partial charge in [0.15, 0.2) is 0 Å². The topological polar surface area (TPSA) is 29.5 Å². The number of amides is 1. The average Bonchev–Trinajstić information content (AvgIpc) is 2.86. The average molecular weight is 237 g/mol. The predicted octanol–water partition coefficient (Wildman–Crippen LogP) is 2.61. The largest absolute Gasteiger partial charge is 0.445 e. The Labute approximate surface area is 100 Å². The van der Waals surface area contributed by atoms with Gasteiger partial charge in [0.05, 0.1) is 6.67 Å². The van der Waals surface area contributed by atoms with Crippen molar-refractivity contribution >= 4 is 6.09 Å². The van der Waals surface area contributed by atoms with Crippen molar-refractivity contribution in [3.8, 4) is 0 Å². The van der Waals surface area contributed by atoms with Gasteiger partial charge in [0.2, 0.25) is 0 Å². The van der Waals surface area contributed by atoms with Crippen LogP contribution in [0, 0.1) is 5.92 Å². The Morgan fingerprint density at radius 1 is 1.41 bits per heavy atom. The van der Waals surface area contributed by atoms with E-state index in [1.807, 2.05) is 30.3 Å². The second kappa shape index (κ2) is 5.66. The van der Waals surface area contributed by atoms with Crippen molar-refractivity contribution in [3.63, 3.8) is 0 Å². The molecule has 1 aliphatic heterocycles. The lowest BCUT2D eigenvalue weighted by Crippen LogP contribution is -2.29. The van der Waals surface area contributed by atoms with Gasteiger partial charge in [-0.15, -0.1) is 0 Å². The molecule has 1 fully saturated rings. The van der Waals surface area contributed by atoms with E-state index in [4.69, 9.17) is 4.74 Å². The molecule has 1 unspecified atom stereocenters. The Balaban J connectivity index is 1.78. The zero-order chi connectivity index (χ0) is 12.1. The summed E-state index contributed by atoms with van der Waals surface area (Å²) in [5.41, 5.74) is 0.960. The van der Waals surface area contributed by atoms with Crippen LogP contribution < -0.4 is 0 Å². The molecule has 0 radical (unpaired) electrons. The number of hydrogen-bond donors (Lipinski definition) is 0. The molecule has 0 N–H and O–H groups in total. The third-order valence-electron chi connectivity index (χ3n) is 2.97. The van der Waals surface area contributed by atoms with E-state index in [2.05, 4.69) is 0 Å². The molecule has 92 valence electrons. The summed E-state index contributed by atoms with van der Waals surface area (Å²) < 4.78 is 17.6. The van der Waals surface area contributed by atoms with Crippen LogP contribution >= 0.6 is 0 Å². The van der Waals surface area contributed by atoms with Crippen molar-refractivity contribution in [2.75, 3.05) is 19.8 Å². The highest BCUT2D eigenvalue weighted by Crippen LogP contribution is 2.17. The number of benzene rings is 1. The number of ether oxygens (including phenoxy) is 1. The molecule has 1 saturated heterocycles. The molecule has 1 aliphatic rings. The van der Waals surface area contributed by atoms with Crippen LogP contribution in [0.5, 0.6) is 0 Å². The van der Waals surface area contributed by atoms with Gasteiger partial charge in [-0.05, 0) is 12.0 Å². The molecule has 0 aliphatic carbocycles. The van der Waals surface area contributed by atoms with E-state index < -0.39 is 0 Å². The maximum absolute atomic E-state index is 12.4. The molecule has 0 spiro atoms. The third-order valence-corrected chi connectivity index (χ3v) is 2.97. The van der Waals surface area contributed by atoms with Crippen molar-refractivity contribution in [1.82, 2.24) is 4.90 Å². The minimum Gasteiger partial charge on any atom is -0.445 e. The van der Waals surface area contributed by atoms with E-state index >= 15 is 0 Å². The Morgan fingerprint density at radius 2 is 2.18 bits per heavy atom. The Hall–Kier alpha value is -1.58. The molecule has 1 amide bonds. The highest BCUT2D eigenvalue weighted by atomic mass is 19.1. The maximum atomic E-state index is 12.4.